The van der Waals surface area contributed by atoms with Gasteiger partial charge in [-0.3, -0.25) is 4.98 Å². The van der Waals surface area contributed by atoms with Crippen molar-refractivity contribution in [2.45, 2.75) is 24.3 Å². The quantitative estimate of drug-likeness (QED) is 0.688. The van der Waals surface area contributed by atoms with Crippen LogP contribution in [-0.2, 0) is 16.6 Å². The molecule has 6 nitrogen and oxygen atoms in total. The predicted octanol–water partition coefficient (Wildman–Crippen LogP) is 3.64. The first-order valence-electron chi connectivity index (χ1n) is 9.34. The molecular weight excluding hydrogens is 374 g/mol. The van der Waals surface area contributed by atoms with Crippen LogP contribution in [0, 0.1) is 0 Å². The molecule has 2 heterocycles. The molecule has 1 fully saturated rings. The number of anilines is 1. The molecule has 2 aromatic carbocycles. The van der Waals surface area contributed by atoms with Crippen molar-refractivity contribution < 1.29 is 13.2 Å². The van der Waals surface area contributed by atoms with Crippen LogP contribution in [0.5, 0.6) is 5.75 Å². The number of para-hydroxylation sites is 1. The molecule has 0 aliphatic carbocycles. The van der Waals surface area contributed by atoms with Crippen molar-refractivity contribution in [1.29, 1.82) is 0 Å². The summed E-state index contributed by atoms with van der Waals surface area (Å²) in [6, 6.07) is 15.2. The smallest absolute Gasteiger partial charge is 0.246 e. The summed E-state index contributed by atoms with van der Waals surface area (Å²) in [4.78, 5) is 4.69. The molecule has 0 unspecified atom stereocenters. The van der Waals surface area contributed by atoms with E-state index in [1.807, 2.05) is 30.5 Å². The number of methoxy groups -OCH3 is 1. The zero-order chi connectivity index (χ0) is 19.6. The maximum Gasteiger partial charge on any atom is 0.246 e. The average Bonchev–Trinajstić information content (AvgIpc) is 3.27. The second-order valence-corrected chi connectivity index (χ2v) is 8.77. The van der Waals surface area contributed by atoms with Gasteiger partial charge in [0.05, 0.1) is 12.6 Å². The number of benzene rings is 2. The van der Waals surface area contributed by atoms with Crippen LogP contribution in [-0.4, -0.2) is 37.9 Å². The lowest BCUT2D eigenvalue weighted by Crippen LogP contribution is -2.28. The van der Waals surface area contributed by atoms with Crippen LogP contribution in [0.15, 0.2) is 59.6 Å². The van der Waals surface area contributed by atoms with Crippen LogP contribution in [0.3, 0.4) is 0 Å². The molecule has 0 bridgehead atoms. The Morgan fingerprint density at radius 1 is 1.11 bits per heavy atom. The molecule has 146 valence electrons. The Balaban J connectivity index is 1.53. The zero-order valence-corrected chi connectivity index (χ0v) is 16.6. The molecule has 0 amide bonds. The van der Waals surface area contributed by atoms with E-state index < -0.39 is 10.0 Å². The molecule has 1 aliphatic heterocycles. The van der Waals surface area contributed by atoms with Crippen LogP contribution < -0.4 is 10.1 Å². The van der Waals surface area contributed by atoms with Crippen LogP contribution in [0.2, 0.25) is 0 Å². The molecule has 0 atom stereocenters. The maximum absolute atomic E-state index is 12.8. The third-order valence-electron chi connectivity index (χ3n) is 4.99. The summed E-state index contributed by atoms with van der Waals surface area (Å²) in [6.45, 7) is 1.72. The number of nitrogens with one attached hydrogen (secondary N) is 1. The summed E-state index contributed by atoms with van der Waals surface area (Å²) < 4.78 is 32.6. The lowest BCUT2D eigenvalue weighted by Gasteiger charge is -2.18. The van der Waals surface area contributed by atoms with Crippen molar-refractivity contribution in [3.8, 4) is 5.75 Å². The van der Waals surface area contributed by atoms with E-state index in [2.05, 4.69) is 16.4 Å². The third kappa shape index (κ3) is 3.68. The first-order valence-corrected chi connectivity index (χ1v) is 10.8. The highest BCUT2D eigenvalue weighted by atomic mass is 32.2. The molecule has 0 spiro atoms. The predicted molar refractivity (Wildman–Crippen MR) is 110 cm³/mol. The standard InChI is InChI=1S/C21H23N3O3S/c1-27-20-13-18(8-9-21(20)28(25,26)24-10-4-5-11-24)22-14-16-12-17-6-2-3-7-19(17)23-15-16/h2-3,6-9,12-13,15,22H,4-5,10-11,14H2,1H3. The van der Waals surface area contributed by atoms with E-state index in [9.17, 15) is 8.42 Å². The maximum atomic E-state index is 12.8. The summed E-state index contributed by atoms with van der Waals surface area (Å²) in [6.07, 6.45) is 3.65. The van der Waals surface area contributed by atoms with Gasteiger partial charge in [-0.1, -0.05) is 18.2 Å². The highest BCUT2D eigenvalue weighted by Crippen LogP contribution is 2.31. The van der Waals surface area contributed by atoms with E-state index in [0.29, 0.717) is 25.4 Å². The number of sulfonamides is 1. The van der Waals surface area contributed by atoms with Crippen LogP contribution >= 0.6 is 0 Å². The van der Waals surface area contributed by atoms with Crippen LogP contribution in [0.1, 0.15) is 18.4 Å². The Labute approximate surface area is 165 Å². The van der Waals surface area contributed by atoms with Gasteiger partial charge in [0, 0.05) is 43.0 Å². The van der Waals surface area contributed by atoms with Crippen LogP contribution in [0.25, 0.3) is 10.9 Å². The van der Waals surface area contributed by atoms with Gasteiger partial charge in [-0.05, 0) is 42.7 Å². The van der Waals surface area contributed by atoms with Gasteiger partial charge < -0.3 is 10.1 Å². The van der Waals surface area contributed by atoms with Crippen molar-refractivity contribution in [3.63, 3.8) is 0 Å². The summed E-state index contributed by atoms with van der Waals surface area (Å²) in [5.74, 6) is 0.355. The summed E-state index contributed by atoms with van der Waals surface area (Å²) in [5, 5.41) is 4.41. The molecular formula is C21H23N3O3S. The topological polar surface area (TPSA) is 71.5 Å². The first kappa shape index (κ1) is 18.7. The summed E-state index contributed by atoms with van der Waals surface area (Å²) in [7, 11) is -2.02. The lowest BCUT2D eigenvalue weighted by atomic mass is 10.1. The molecule has 1 aromatic heterocycles. The molecule has 1 saturated heterocycles. The Kier molecular flexibility index (Phi) is 5.19. The van der Waals surface area contributed by atoms with Gasteiger partial charge >= 0.3 is 0 Å². The van der Waals surface area contributed by atoms with Gasteiger partial charge in [-0.2, -0.15) is 4.31 Å². The SMILES string of the molecule is COc1cc(NCc2cnc3ccccc3c2)ccc1S(=O)(=O)N1CCCC1. The Morgan fingerprint density at radius 3 is 2.68 bits per heavy atom. The minimum Gasteiger partial charge on any atom is -0.495 e. The number of hydrogen-bond donors (Lipinski definition) is 1. The van der Waals surface area contributed by atoms with E-state index in [4.69, 9.17) is 4.74 Å². The molecule has 4 rings (SSSR count). The second kappa shape index (κ2) is 7.77. The summed E-state index contributed by atoms with van der Waals surface area (Å²) >= 11 is 0. The molecule has 1 N–H and O–H groups in total. The molecule has 7 heteroatoms. The average molecular weight is 398 g/mol. The monoisotopic (exact) mass is 397 g/mol. The third-order valence-corrected chi connectivity index (χ3v) is 6.93. The van der Waals surface area contributed by atoms with E-state index in [-0.39, 0.29) is 4.90 Å². The van der Waals surface area contributed by atoms with E-state index in [1.54, 1.807) is 18.2 Å². The van der Waals surface area contributed by atoms with Crippen molar-refractivity contribution in [2.24, 2.45) is 0 Å². The van der Waals surface area contributed by atoms with Gasteiger partial charge in [-0.15, -0.1) is 0 Å². The minimum absolute atomic E-state index is 0.217. The van der Waals surface area contributed by atoms with Crippen LogP contribution in [0.4, 0.5) is 5.69 Å². The van der Waals surface area contributed by atoms with E-state index in [1.165, 1.54) is 11.4 Å². The molecule has 0 radical (unpaired) electrons. The number of pyridine rings is 1. The van der Waals surface area contributed by atoms with Gasteiger partial charge in [0.25, 0.3) is 0 Å². The molecule has 1 aliphatic rings. The highest BCUT2D eigenvalue weighted by Gasteiger charge is 2.29. The first-order chi connectivity index (χ1) is 13.6. The number of ether oxygens (including phenoxy) is 1. The lowest BCUT2D eigenvalue weighted by molar-refractivity contribution is 0.398. The zero-order valence-electron chi connectivity index (χ0n) is 15.8. The fourth-order valence-corrected chi connectivity index (χ4v) is 5.13. The highest BCUT2D eigenvalue weighted by molar-refractivity contribution is 7.89. The number of hydrogen-bond acceptors (Lipinski definition) is 5. The fraction of sp³-hybridized carbons (Fsp3) is 0.286. The number of fused-ring (bicyclic) bond motifs is 1. The molecule has 0 saturated carbocycles. The second-order valence-electron chi connectivity index (χ2n) is 6.87. The van der Waals surface area contributed by atoms with Gasteiger partial charge in [0.1, 0.15) is 10.6 Å². The Bertz CT molecular complexity index is 1090. The van der Waals surface area contributed by atoms with Crippen molar-refractivity contribution in [2.75, 3.05) is 25.5 Å². The van der Waals surface area contributed by atoms with Crippen molar-refractivity contribution >= 4 is 26.6 Å². The largest absolute Gasteiger partial charge is 0.495 e. The minimum atomic E-state index is -3.52. The Morgan fingerprint density at radius 2 is 1.89 bits per heavy atom. The van der Waals surface area contributed by atoms with Crippen molar-refractivity contribution in [3.05, 3.63) is 60.3 Å². The number of nitrogens with zero attached hydrogens (tertiary/aromatic N) is 2. The van der Waals surface area contributed by atoms with Gasteiger partial charge in [-0.25, -0.2) is 8.42 Å². The van der Waals surface area contributed by atoms with Crippen molar-refractivity contribution in [1.82, 2.24) is 9.29 Å². The Hall–Kier alpha value is -2.64. The van der Waals surface area contributed by atoms with E-state index >= 15 is 0 Å². The number of aromatic nitrogens is 1. The normalized spacial score (nSPS) is 15.0. The summed E-state index contributed by atoms with van der Waals surface area (Å²) in [5.41, 5.74) is 2.81. The van der Waals surface area contributed by atoms with E-state index in [0.717, 1.165) is 35.0 Å². The van der Waals surface area contributed by atoms with Gasteiger partial charge in [0.2, 0.25) is 10.0 Å². The molecule has 28 heavy (non-hydrogen) atoms. The molecule has 3 aromatic rings. The fourth-order valence-electron chi connectivity index (χ4n) is 3.48. The number of rotatable bonds is 6. The van der Waals surface area contributed by atoms with Gasteiger partial charge in [0.15, 0.2) is 0 Å².